The Morgan fingerprint density at radius 3 is 2.78 bits per heavy atom. The fourth-order valence-electron chi connectivity index (χ4n) is 2.55. The summed E-state index contributed by atoms with van der Waals surface area (Å²) in [5.41, 5.74) is 2.74. The Morgan fingerprint density at radius 1 is 1.17 bits per heavy atom. The van der Waals surface area contributed by atoms with Gasteiger partial charge in [0.15, 0.2) is 5.15 Å². The molecule has 4 rings (SSSR count). The van der Waals surface area contributed by atoms with Crippen LogP contribution in [0.15, 0.2) is 24.3 Å². The average molecular weight is 258 g/mol. The first kappa shape index (κ1) is 10.3. The van der Waals surface area contributed by atoms with Crippen LogP contribution in [0.5, 0.6) is 0 Å². The van der Waals surface area contributed by atoms with Crippen LogP contribution in [-0.2, 0) is 0 Å². The van der Waals surface area contributed by atoms with E-state index in [-0.39, 0.29) is 0 Å². The number of para-hydroxylation sites is 1. The van der Waals surface area contributed by atoms with Crippen LogP contribution in [0, 0.1) is 0 Å². The first-order chi connectivity index (χ1) is 8.83. The summed E-state index contributed by atoms with van der Waals surface area (Å²) in [5, 5.41) is 1.58. The van der Waals surface area contributed by atoms with E-state index < -0.39 is 0 Å². The maximum Gasteiger partial charge on any atom is 0.157 e. The topological polar surface area (TPSA) is 41.6 Å². The number of fused-ring (bicyclic) bond motifs is 3. The second kappa shape index (κ2) is 3.69. The summed E-state index contributed by atoms with van der Waals surface area (Å²) in [4.78, 5) is 12.5. The van der Waals surface area contributed by atoms with Gasteiger partial charge in [0.1, 0.15) is 11.3 Å². The van der Waals surface area contributed by atoms with Crippen molar-refractivity contribution in [1.82, 2.24) is 15.0 Å². The minimum absolute atomic E-state index is 0.491. The number of imidazole rings is 1. The second-order valence-electron chi connectivity index (χ2n) is 4.89. The SMILES string of the molecule is Clc1nc2ccccc2c2[nH]c(C3CCC3)nc12. The molecule has 1 fully saturated rings. The molecule has 2 aromatic heterocycles. The summed E-state index contributed by atoms with van der Waals surface area (Å²) >= 11 is 6.22. The number of aromatic amines is 1. The molecule has 0 bridgehead atoms. The number of hydrogen-bond acceptors (Lipinski definition) is 2. The number of hydrogen-bond donors (Lipinski definition) is 1. The summed E-state index contributed by atoms with van der Waals surface area (Å²) < 4.78 is 0. The number of halogens is 1. The predicted octanol–water partition coefficient (Wildman–Crippen LogP) is 4.03. The largest absolute Gasteiger partial charge is 0.341 e. The van der Waals surface area contributed by atoms with Crippen LogP contribution in [0.3, 0.4) is 0 Å². The zero-order valence-electron chi connectivity index (χ0n) is 9.78. The highest BCUT2D eigenvalue weighted by atomic mass is 35.5. The van der Waals surface area contributed by atoms with Gasteiger partial charge in [-0.3, -0.25) is 0 Å². The first-order valence-electron chi connectivity index (χ1n) is 6.27. The molecule has 1 aliphatic carbocycles. The van der Waals surface area contributed by atoms with Crippen molar-refractivity contribution in [2.45, 2.75) is 25.2 Å². The van der Waals surface area contributed by atoms with E-state index in [9.17, 15) is 0 Å². The third-order valence-corrected chi connectivity index (χ3v) is 4.06. The zero-order chi connectivity index (χ0) is 12.1. The molecule has 0 amide bonds. The highest BCUT2D eigenvalue weighted by Gasteiger charge is 2.23. The lowest BCUT2D eigenvalue weighted by Crippen LogP contribution is -2.10. The first-order valence-corrected chi connectivity index (χ1v) is 6.64. The fourth-order valence-corrected chi connectivity index (χ4v) is 2.78. The van der Waals surface area contributed by atoms with Gasteiger partial charge in [0.05, 0.1) is 11.0 Å². The van der Waals surface area contributed by atoms with Crippen molar-refractivity contribution >= 4 is 33.5 Å². The monoisotopic (exact) mass is 257 g/mol. The van der Waals surface area contributed by atoms with Gasteiger partial charge in [0.2, 0.25) is 0 Å². The van der Waals surface area contributed by atoms with Crippen LogP contribution >= 0.6 is 11.6 Å². The normalized spacial score (nSPS) is 16.3. The smallest absolute Gasteiger partial charge is 0.157 e. The van der Waals surface area contributed by atoms with Crippen molar-refractivity contribution in [3.63, 3.8) is 0 Å². The lowest BCUT2D eigenvalue weighted by Gasteiger charge is -2.22. The zero-order valence-corrected chi connectivity index (χ0v) is 10.5. The van der Waals surface area contributed by atoms with E-state index in [4.69, 9.17) is 11.6 Å². The number of pyridine rings is 1. The van der Waals surface area contributed by atoms with E-state index in [0.717, 1.165) is 27.8 Å². The second-order valence-corrected chi connectivity index (χ2v) is 5.25. The minimum Gasteiger partial charge on any atom is -0.341 e. The molecule has 0 saturated heterocycles. The lowest BCUT2D eigenvalue weighted by atomic mass is 9.85. The summed E-state index contributed by atoms with van der Waals surface area (Å²) in [6.07, 6.45) is 3.75. The summed E-state index contributed by atoms with van der Waals surface area (Å²) in [7, 11) is 0. The summed E-state index contributed by atoms with van der Waals surface area (Å²) in [5.74, 6) is 1.64. The highest BCUT2D eigenvalue weighted by Crippen LogP contribution is 2.37. The van der Waals surface area contributed by atoms with Crippen molar-refractivity contribution in [2.24, 2.45) is 0 Å². The molecule has 0 unspecified atom stereocenters. The maximum atomic E-state index is 6.22. The molecule has 0 radical (unpaired) electrons. The average Bonchev–Trinajstić information content (AvgIpc) is 2.72. The van der Waals surface area contributed by atoms with Crippen molar-refractivity contribution in [1.29, 1.82) is 0 Å². The third kappa shape index (κ3) is 1.37. The summed E-state index contributed by atoms with van der Waals surface area (Å²) in [6, 6.07) is 8.02. The molecule has 2 heterocycles. The van der Waals surface area contributed by atoms with Gasteiger partial charge in [0.25, 0.3) is 0 Å². The Labute approximate surface area is 109 Å². The molecule has 1 saturated carbocycles. The Bertz CT molecular complexity index is 743. The highest BCUT2D eigenvalue weighted by molar-refractivity contribution is 6.35. The quantitative estimate of drug-likeness (QED) is 0.669. The van der Waals surface area contributed by atoms with Crippen molar-refractivity contribution in [3.05, 3.63) is 35.2 Å². The predicted molar refractivity (Wildman–Crippen MR) is 73.0 cm³/mol. The van der Waals surface area contributed by atoms with Gasteiger partial charge in [-0.05, 0) is 18.9 Å². The van der Waals surface area contributed by atoms with Crippen LogP contribution in [-0.4, -0.2) is 15.0 Å². The fraction of sp³-hybridized carbons (Fsp3) is 0.286. The standard InChI is InChI=1S/C14H12ClN3/c15-13-12-11(9-6-1-2-7-10(9)16-13)17-14(18-12)8-4-3-5-8/h1-2,6-8H,3-5H2,(H,17,18). The van der Waals surface area contributed by atoms with Crippen LogP contribution in [0.2, 0.25) is 5.15 Å². The van der Waals surface area contributed by atoms with Crippen molar-refractivity contribution in [2.75, 3.05) is 0 Å². The number of aromatic nitrogens is 3. The van der Waals surface area contributed by atoms with E-state index >= 15 is 0 Å². The van der Waals surface area contributed by atoms with Gasteiger partial charge in [-0.25, -0.2) is 9.97 Å². The third-order valence-electron chi connectivity index (χ3n) is 3.80. The van der Waals surface area contributed by atoms with E-state index in [2.05, 4.69) is 21.0 Å². The molecule has 0 spiro atoms. The molecule has 4 heteroatoms. The molecule has 1 N–H and O–H groups in total. The van der Waals surface area contributed by atoms with Crippen LogP contribution < -0.4 is 0 Å². The Hall–Kier alpha value is -1.61. The van der Waals surface area contributed by atoms with E-state index in [0.29, 0.717) is 11.1 Å². The molecule has 0 atom stereocenters. The van der Waals surface area contributed by atoms with Crippen molar-refractivity contribution in [3.8, 4) is 0 Å². The number of nitrogens with zero attached hydrogens (tertiary/aromatic N) is 2. The van der Waals surface area contributed by atoms with Gasteiger partial charge in [-0.2, -0.15) is 0 Å². The molecule has 3 aromatic rings. The molecule has 3 nitrogen and oxygen atoms in total. The van der Waals surface area contributed by atoms with E-state index in [1.807, 2.05) is 18.2 Å². The van der Waals surface area contributed by atoms with Crippen LogP contribution in [0.25, 0.3) is 21.9 Å². The van der Waals surface area contributed by atoms with E-state index in [1.54, 1.807) is 0 Å². The van der Waals surface area contributed by atoms with Gasteiger partial charge in [-0.15, -0.1) is 0 Å². The Morgan fingerprint density at radius 2 is 2.00 bits per heavy atom. The maximum absolute atomic E-state index is 6.22. The van der Waals surface area contributed by atoms with Crippen LogP contribution in [0.4, 0.5) is 0 Å². The number of H-pyrrole nitrogens is 1. The molecule has 1 aliphatic rings. The van der Waals surface area contributed by atoms with Gasteiger partial charge in [0, 0.05) is 11.3 Å². The molecule has 18 heavy (non-hydrogen) atoms. The lowest BCUT2D eigenvalue weighted by molar-refractivity contribution is 0.405. The molecular weight excluding hydrogens is 246 g/mol. The van der Waals surface area contributed by atoms with Crippen molar-refractivity contribution < 1.29 is 0 Å². The number of rotatable bonds is 1. The molecular formula is C14H12ClN3. The van der Waals surface area contributed by atoms with Crippen LogP contribution in [0.1, 0.15) is 31.0 Å². The molecule has 1 aromatic carbocycles. The Kier molecular flexibility index (Phi) is 2.12. The minimum atomic E-state index is 0.491. The molecule has 90 valence electrons. The van der Waals surface area contributed by atoms with Gasteiger partial charge < -0.3 is 4.98 Å². The molecule has 0 aliphatic heterocycles. The van der Waals surface area contributed by atoms with Gasteiger partial charge in [-0.1, -0.05) is 36.2 Å². The number of nitrogens with one attached hydrogen (secondary N) is 1. The van der Waals surface area contributed by atoms with E-state index in [1.165, 1.54) is 19.3 Å². The van der Waals surface area contributed by atoms with Gasteiger partial charge >= 0.3 is 0 Å². The Balaban J connectivity index is 2.06. The summed E-state index contributed by atoms with van der Waals surface area (Å²) in [6.45, 7) is 0. The number of benzene rings is 1.